The Morgan fingerprint density at radius 1 is 1.11 bits per heavy atom. The molecule has 2 aromatic rings. The molecule has 0 amide bonds. The van der Waals surface area contributed by atoms with Crippen LogP contribution in [0.25, 0.3) is 0 Å². The number of nitrogens with zero attached hydrogens (tertiary/aromatic N) is 2. The third-order valence-electron chi connectivity index (χ3n) is 2.78. The summed E-state index contributed by atoms with van der Waals surface area (Å²) in [5, 5.41) is 12.5. The van der Waals surface area contributed by atoms with Gasteiger partial charge in [-0.2, -0.15) is 5.26 Å². The first-order chi connectivity index (χ1) is 8.90. The van der Waals surface area contributed by atoms with E-state index in [1.165, 1.54) is 5.56 Å². The van der Waals surface area contributed by atoms with E-state index in [-0.39, 0.29) is 5.92 Å². The van der Waals surface area contributed by atoms with Crippen LogP contribution >= 0.6 is 0 Å². The maximum atomic E-state index is 9.18. The van der Waals surface area contributed by atoms with Gasteiger partial charge in [-0.1, -0.05) is 30.3 Å². The van der Waals surface area contributed by atoms with Gasteiger partial charge in [-0.3, -0.25) is 4.98 Å². The van der Waals surface area contributed by atoms with Gasteiger partial charge in [-0.25, -0.2) is 0 Å². The Hall–Kier alpha value is -2.18. The molecule has 0 spiro atoms. The molecular formula is C15H15N3. The maximum absolute atomic E-state index is 9.18. The van der Waals surface area contributed by atoms with Crippen molar-refractivity contribution >= 4 is 0 Å². The van der Waals surface area contributed by atoms with Crippen LogP contribution in [-0.4, -0.2) is 11.5 Å². The molecule has 0 saturated carbocycles. The second-order valence-electron chi connectivity index (χ2n) is 4.08. The molecule has 0 radical (unpaired) electrons. The lowest BCUT2D eigenvalue weighted by Crippen LogP contribution is -2.20. The second kappa shape index (κ2) is 6.53. The van der Waals surface area contributed by atoms with Crippen molar-refractivity contribution in [1.82, 2.24) is 10.3 Å². The lowest BCUT2D eigenvalue weighted by atomic mass is 10.0. The number of rotatable bonds is 5. The number of nitriles is 1. The summed E-state index contributed by atoms with van der Waals surface area (Å²) in [6, 6.07) is 16.1. The largest absolute Gasteiger partial charge is 0.311 e. The van der Waals surface area contributed by atoms with Crippen molar-refractivity contribution in [3.05, 3.63) is 66.0 Å². The van der Waals surface area contributed by atoms with Crippen molar-refractivity contribution < 1.29 is 0 Å². The zero-order valence-corrected chi connectivity index (χ0v) is 10.1. The SMILES string of the molecule is N#CC(CNCc1ccncc1)c1ccccc1. The van der Waals surface area contributed by atoms with Gasteiger partial charge < -0.3 is 5.32 Å². The average Bonchev–Trinajstić information content (AvgIpc) is 2.46. The number of pyridine rings is 1. The van der Waals surface area contributed by atoms with Crippen molar-refractivity contribution in [2.24, 2.45) is 0 Å². The lowest BCUT2D eigenvalue weighted by Gasteiger charge is -2.10. The molecule has 1 aromatic heterocycles. The van der Waals surface area contributed by atoms with Gasteiger partial charge in [0.2, 0.25) is 0 Å². The summed E-state index contributed by atoms with van der Waals surface area (Å²) in [6.45, 7) is 1.41. The van der Waals surface area contributed by atoms with Crippen molar-refractivity contribution in [3.63, 3.8) is 0 Å². The van der Waals surface area contributed by atoms with E-state index < -0.39 is 0 Å². The zero-order valence-electron chi connectivity index (χ0n) is 10.1. The molecule has 1 unspecified atom stereocenters. The Kier molecular flexibility index (Phi) is 4.46. The van der Waals surface area contributed by atoms with Crippen molar-refractivity contribution in [3.8, 4) is 6.07 Å². The van der Waals surface area contributed by atoms with Gasteiger partial charge in [-0.15, -0.1) is 0 Å². The molecule has 0 bridgehead atoms. The van der Waals surface area contributed by atoms with Gasteiger partial charge in [0.25, 0.3) is 0 Å². The Morgan fingerprint density at radius 2 is 1.83 bits per heavy atom. The predicted molar refractivity (Wildman–Crippen MR) is 70.7 cm³/mol. The first kappa shape index (κ1) is 12.3. The van der Waals surface area contributed by atoms with Crippen LogP contribution in [0.4, 0.5) is 0 Å². The minimum atomic E-state index is -0.104. The van der Waals surface area contributed by atoms with Gasteiger partial charge in [0.1, 0.15) is 0 Å². The van der Waals surface area contributed by atoms with Crippen molar-refractivity contribution in [1.29, 1.82) is 5.26 Å². The molecule has 2 rings (SSSR count). The van der Waals surface area contributed by atoms with Crippen LogP contribution in [0.5, 0.6) is 0 Å². The van der Waals surface area contributed by atoms with E-state index in [9.17, 15) is 5.26 Å². The van der Waals surface area contributed by atoms with Gasteiger partial charge >= 0.3 is 0 Å². The monoisotopic (exact) mass is 237 g/mol. The maximum Gasteiger partial charge on any atom is 0.0837 e. The summed E-state index contributed by atoms with van der Waals surface area (Å²) < 4.78 is 0. The normalized spacial score (nSPS) is 11.7. The molecule has 1 heterocycles. The van der Waals surface area contributed by atoms with E-state index in [2.05, 4.69) is 16.4 Å². The van der Waals surface area contributed by atoms with Crippen molar-refractivity contribution in [2.45, 2.75) is 12.5 Å². The fourth-order valence-electron chi connectivity index (χ4n) is 1.78. The van der Waals surface area contributed by atoms with Crippen LogP contribution < -0.4 is 5.32 Å². The highest BCUT2D eigenvalue weighted by Gasteiger charge is 2.08. The molecular weight excluding hydrogens is 222 g/mol. The Labute approximate surface area is 107 Å². The zero-order chi connectivity index (χ0) is 12.6. The molecule has 0 saturated heterocycles. The lowest BCUT2D eigenvalue weighted by molar-refractivity contribution is 0.651. The molecule has 0 aliphatic carbocycles. The molecule has 3 nitrogen and oxygen atoms in total. The van der Waals surface area contributed by atoms with E-state index in [1.807, 2.05) is 42.5 Å². The third-order valence-corrected chi connectivity index (χ3v) is 2.78. The molecule has 1 aromatic carbocycles. The van der Waals surface area contributed by atoms with Crippen LogP contribution in [0.2, 0.25) is 0 Å². The molecule has 0 aliphatic heterocycles. The van der Waals surface area contributed by atoms with Gasteiger partial charge in [0, 0.05) is 25.5 Å². The van der Waals surface area contributed by atoms with Gasteiger partial charge in [0.05, 0.1) is 12.0 Å². The first-order valence-corrected chi connectivity index (χ1v) is 5.94. The number of hydrogen-bond acceptors (Lipinski definition) is 3. The van der Waals surface area contributed by atoms with E-state index in [0.29, 0.717) is 6.54 Å². The minimum Gasteiger partial charge on any atom is -0.311 e. The average molecular weight is 237 g/mol. The number of hydrogen-bond donors (Lipinski definition) is 1. The highest BCUT2D eigenvalue weighted by Crippen LogP contribution is 2.13. The van der Waals surface area contributed by atoms with E-state index in [4.69, 9.17) is 0 Å². The van der Waals surface area contributed by atoms with Gasteiger partial charge in [0.15, 0.2) is 0 Å². The van der Waals surface area contributed by atoms with Crippen LogP contribution in [-0.2, 0) is 6.54 Å². The van der Waals surface area contributed by atoms with E-state index >= 15 is 0 Å². The summed E-state index contributed by atoms with van der Waals surface area (Å²) >= 11 is 0. The molecule has 1 atom stereocenters. The minimum absolute atomic E-state index is 0.104. The van der Waals surface area contributed by atoms with Crippen molar-refractivity contribution in [2.75, 3.05) is 6.54 Å². The van der Waals surface area contributed by atoms with Crippen LogP contribution in [0.1, 0.15) is 17.0 Å². The summed E-state index contributed by atoms with van der Waals surface area (Å²) in [6.07, 6.45) is 3.55. The van der Waals surface area contributed by atoms with Gasteiger partial charge in [-0.05, 0) is 23.3 Å². The standard InChI is InChI=1S/C15H15N3/c16-10-15(14-4-2-1-3-5-14)12-18-11-13-6-8-17-9-7-13/h1-9,15,18H,11-12H2. The quantitative estimate of drug-likeness (QED) is 0.869. The Morgan fingerprint density at radius 3 is 2.50 bits per heavy atom. The Balaban J connectivity index is 1.88. The number of nitrogens with one attached hydrogen (secondary N) is 1. The molecule has 0 fully saturated rings. The molecule has 3 heteroatoms. The summed E-state index contributed by atoms with van der Waals surface area (Å²) in [4.78, 5) is 3.97. The fraction of sp³-hybridized carbons (Fsp3) is 0.200. The highest BCUT2D eigenvalue weighted by atomic mass is 14.9. The number of benzene rings is 1. The third kappa shape index (κ3) is 3.41. The van der Waals surface area contributed by atoms with Crippen LogP contribution in [0.3, 0.4) is 0 Å². The molecule has 90 valence electrons. The predicted octanol–water partition coefficient (Wildman–Crippen LogP) is 2.48. The summed E-state index contributed by atoms with van der Waals surface area (Å²) in [5.74, 6) is -0.104. The highest BCUT2D eigenvalue weighted by molar-refractivity contribution is 5.25. The first-order valence-electron chi connectivity index (χ1n) is 5.94. The summed E-state index contributed by atoms with van der Waals surface area (Å²) in [5.41, 5.74) is 2.23. The molecule has 1 N–H and O–H groups in total. The second-order valence-corrected chi connectivity index (χ2v) is 4.08. The van der Waals surface area contributed by atoms with E-state index in [1.54, 1.807) is 12.4 Å². The summed E-state index contributed by atoms with van der Waals surface area (Å²) in [7, 11) is 0. The van der Waals surface area contributed by atoms with Crippen LogP contribution in [0.15, 0.2) is 54.9 Å². The topological polar surface area (TPSA) is 48.7 Å². The van der Waals surface area contributed by atoms with E-state index in [0.717, 1.165) is 12.1 Å². The smallest absolute Gasteiger partial charge is 0.0837 e. The number of aromatic nitrogens is 1. The molecule has 18 heavy (non-hydrogen) atoms. The van der Waals surface area contributed by atoms with Crippen LogP contribution in [0, 0.1) is 11.3 Å². The fourth-order valence-corrected chi connectivity index (χ4v) is 1.78. The Bertz CT molecular complexity index is 502. The molecule has 0 aliphatic rings.